The average molecular weight is 448 g/mol. The Bertz CT molecular complexity index is 1260. The molecule has 0 bridgehead atoms. The lowest BCUT2D eigenvalue weighted by Crippen LogP contribution is -2.12. The number of halogens is 1. The van der Waals surface area contributed by atoms with Crippen LogP contribution in [0.2, 0.25) is 0 Å². The Hall–Kier alpha value is -3.87. The third-order valence-electron chi connectivity index (χ3n) is 5.44. The van der Waals surface area contributed by atoms with Crippen molar-refractivity contribution in [3.63, 3.8) is 0 Å². The van der Waals surface area contributed by atoms with Crippen molar-refractivity contribution >= 4 is 11.6 Å². The molecule has 7 heteroatoms. The third kappa shape index (κ3) is 5.31. The van der Waals surface area contributed by atoms with E-state index in [2.05, 4.69) is 17.3 Å². The van der Waals surface area contributed by atoms with E-state index in [1.165, 1.54) is 17.7 Å². The van der Waals surface area contributed by atoms with Gasteiger partial charge in [-0.1, -0.05) is 31.2 Å². The number of ether oxygens (including phenoxy) is 1. The number of anilines is 1. The fourth-order valence-electron chi connectivity index (χ4n) is 3.57. The smallest absolute Gasteiger partial charge is 0.291 e. The van der Waals surface area contributed by atoms with E-state index in [0.29, 0.717) is 23.7 Å². The molecule has 4 aromatic rings. The van der Waals surface area contributed by atoms with Crippen LogP contribution in [0.25, 0.3) is 0 Å². The highest BCUT2D eigenvalue weighted by molar-refractivity contribution is 6.02. The zero-order chi connectivity index (χ0) is 23.4. The van der Waals surface area contributed by atoms with Crippen molar-refractivity contribution in [2.24, 2.45) is 0 Å². The van der Waals surface area contributed by atoms with Gasteiger partial charge >= 0.3 is 0 Å². The fourth-order valence-corrected chi connectivity index (χ4v) is 3.57. The topological polar surface area (TPSA) is 69.3 Å². The Morgan fingerprint density at radius 1 is 1.09 bits per heavy atom. The number of aryl methyl sites for hydroxylation is 2. The first-order valence-corrected chi connectivity index (χ1v) is 10.8. The first-order valence-electron chi connectivity index (χ1n) is 10.8. The Labute approximate surface area is 192 Å². The maximum absolute atomic E-state index is 13.5. The summed E-state index contributed by atoms with van der Waals surface area (Å²) in [6.07, 6.45) is 0.972. The molecule has 0 aliphatic heterocycles. The lowest BCUT2D eigenvalue weighted by atomic mass is 10.2. The van der Waals surface area contributed by atoms with Gasteiger partial charge in [0.25, 0.3) is 5.91 Å². The molecule has 0 atom stereocenters. The van der Waals surface area contributed by atoms with Gasteiger partial charge in [-0.05, 0) is 67.8 Å². The van der Waals surface area contributed by atoms with E-state index in [1.807, 2.05) is 44.2 Å². The van der Waals surface area contributed by atoms with E-state index in [1.54, 1.807) is 22.9 Å². The Morgan fingerprint density at radius 3 is 2.61 bits per heavy atom. The minimum Gasteiger partial charge on any atom is -0.486 e. The van der Waals surface area contributed by atoms with Gasteiger partial charge in [0.05, 0.1) is 23.6 Å². The minimum absolute atomic E-state index is 0.187. The number of carbonyl (C=O) groups excluding carboxylic acids is 1. The number of hydrogen-bond donors (Lipinski definition) is 1. The Kier molecular flexibility index (Phi) is 6.58. The highest BCUT2D eigenvalue weighted by atomic mass is 19.1. The van der Waals surface area contributed by atoms with Gasteiger partial charge in [0.15, 0.2) is 5.76 Å². The number of benzene rings is 2. The van der Waals surface area contributed by atoms with Gasteiger partial charge in [0, 0.05) is 0 Å². The number of nitrogens with one attached hydrogen (secondary N) is 1. The lowest BCUT2D eigenvalue weighted by molar-refractivity contribution is 0.0992. The number of carbonyl (C=O) groups is 1. The summed E-state index contributed by atoms with van der Waals surface area (Å²) >= 11 is 0. The second-order valence-electron chi connectivity index (χ2n) is 7.84. The summed E-state index contributed by atoms with van der Waals surface area (Å²) < 4.78 is 26.7. The van der Waals surface area contributed by atoms with Crippen LogP contribution in [0.1, 0.15) is 45.8 Å². The number of amides is 1. The van der Waals surface area contributed by atoms with Crippen LogP contribution < -0.4 is 10.1 Å². The van der Waals surface area contributed by atoms with Crippen molar-refractivity contribution in [1.82, 2.24) is 9.78 Å². The van der Waals surface area contributed by atoms with Crippen LogP contribution in [0.3, 0.4) is 0 Å². The van der Waals surface area contributed by atoms with Crippen molar-refractivity contribution in [2.45, 2.75) is 40.3 Å². The molecule has 0 unspecified atom stereocenters. The standard InChI is InChI=1S/C26H26FN3O3/c1-4-19-8-10-22(11-9-19)32-16-23-12-13-24(33-23)26(31)28-25-17(2)29-30(18(25)3)15-20-6-5-7-21(27)14-20/h5-14H,4,15-16H2,1-3H3,(H,28,31). The van der Waals surface area contributed by atoms with Gasteiger partial charge in [0.1, 0.15) is 23.9 Å². The molecule has 33 heavy (non-hydrogen) atoms. The number of nitrogens with zero attached hydrogens (tertiary/aromatic N) is 2. The molecule has 0 saturated heterocycles. The van der Waals surface area contributed by atoms with E-state index in [-0.39, 0.29) is 24.1 Å². The summed E-state index contributed by atoms with van der Waals surface area (Å²) in [5.41, 5.74) is 4.09. The van der Waals surface area contributed by atoms with Crippen molar-refractivity contribution in [1.29, 1.82) is 0 Å². The zero-order valence-electron chi connectivity index (χ0n) is 18.9. The summed E-state index contributed by atoms with van der Waals surface area (Å²) in [5, 5.41) is 7.37. The van der Waals surface area contributed by atoms with Gasteiger partial charge in [-0.3, -0.25) is 9.48 Å². The fraction of sp³-hybridized carbons (Fsp3) is 0.231. The van der Waals surface area contributed by atoms with Crippen LogP contribution in [0, 0.1) is 19.7 Å². The number of furan rings is 1. The maximum Gasteiger partial charge on any atom is 0.291 e. The molecule has 0 aliphatic rings. The molecule has 2 aromatic heterocycles. The first kappa shape index (κ1) is 22.3. The molecular formula is C26H26FN3O3. The van der Waals surface area contributed by atoms with Crippen LogP contribution in [-0.4, -0.2) is 15.7 Å². The third-order valence-corrected chi connectivity index (χ3v) is 5.44. The summed E-state index contributed by atoms with van der Waals surface area (Å²) in [6.45, 7) is 6.41. The molecular weight excluding hydrogens is 421 g/mol. The van der Waals surface area contributed by atoms with Gasteiger partial charge in [-0.25, -0.2) is 4.39 Å². The molecule has 1 amide bonds. The van der Waals surface area contributed by atoms with E-state index < -0.39 is 0 Å². The second-order valence-corrected chi connectivity index (χ2v) is 7.84. The van der Waals surface area contributed by atoms with Crippen LogP contribution in [-0.2, 0) is 19.6 Å². The average Bonchev–Trinajstić information content (AvgIpc) is 3.39. The molecule has 1 N–H and O–H groups in total. The van der Waals surface area contributed by atoms with Crippen LogP contribution in [0.4, 0.5) is 10.1 Å². The molecule has 2 aromatic carbocycles. The van der Waals surface area contributed by atoms with Crippen molar-refractivity contribution < 1.29 is 18.3 Å². The molecule has 0 fully saturated rings. The summed E-state index contributed by atoms with van der Waals surface area (Å²) in [5.74, 6) is 0.816. The molecule has 0 saturated carbocycles. The second kappa shape index (κ2) is 9.73. The van der Waals surface area contributed by atoms with Crippen molar-refractivity contribution in [3.8, 4) is 5.75 Å². The Morgan fingerprint density at radius 2 is 1.88 bits per heavy atom. The minimum atomic E-state index is -0.370. The largest absolute Gasteiger partial charge is 0.486 e. The van der Waals surface area contributed by atoms with E-state index >= 15 is 0 Å². The molecule has 0 spiro atoms. The highest BCUT2D eigenvalue weighted by Crippen LogP contribution is 2.22. The monoisotopic (exact) mass is 447 g/mol. The molecule has 6 nitrogen and oxygen atoms in total. The zero-order valence-corrected chi connectivity index (χ0v) is 18.9. The Balaban J connectivity index is 1.40. The van der Waals surface area contributed by atoms with Gasteiger partial charge in [-0.2, -0.15) is 5.10 Å². The molecule has 0 aliphatic carbocycles. The number of rotatable bonds is 8. The summed E-state index contributed by atoms with van der Waals surface area (Å²) in [4.78, 5) is 12.8. The predicted molar refractivity (Wildman–Crippen MR) is 124 cm³/mol. The predicted octanol–water partition coefficient (Wildman–Crippen LogP) is 5.67. The number of hydrogen-bond acceptors (Lipinski definition) is 4. The lowest BCUT2D eigenvalue weighted by Gasteiger charge is -2.07. The molecule has 170 valence electrons. The molecule has 0 radical (unpaired) electrons. The highest BCUT2D eigenvalue weighted by Gasteiger charge is 2.18. The summed E-state index contributed by atoms with van der Waals surface area (Å²) in [7, 11) is 0. The van der Waals surface area contributed by atoms with Crippen LogP contribution >= 0.6 is 0 Å². The van der Waals surface area contributed by atoms with Crippen molar-refractivity contribution in [2.75, 3.05) is 5.32 Å². The van der Waals surface area contributed by atoms with E-state index in [4.69, 9.17) is 9.15 Å². The van der Waals surface area contributed by atoms with E-state index in [9.17, 15) is 9.18 Å². The quantitative estimate of drug-likeness (QED) is 0.378. The first-order chi connectivity index (χ1) is 15.9. The van der Waals surface area contributed by atoms with Crippen molar-refractivity contribution in [3.05, 3.63) is 101 Å². The SMILES string of the molecule is CCc1ccc(OCc2ccc(C(=O)Nc3c(C)nn(Cc4cccc(F)c4)c3C)o2)cc1. The van der Waals surface area contributed by atoms with Gasteiger partial charge in [-0.15, -0.1) is 0 Å². The molecule has 2 heterocycles. The molecule has 4 rings (SSSR count). The van der Waals surface area contributed by atoms with Crippen LogP contribution in [0.5, 0.6) is 5.75 Å². The summed E-state index contributed by atoms with van der Waals surface area (Å²) in [6, 6.07) is 17.6. The normalized spacial score (nSPS) is 10.9. The van der Waals surface area contributed by atoms with Gasteiger partial charge in [0.2, 0.25) is 0 Å². The van der Waals surface area contributed by atoms with E-state index in [0.717, 1.165) is 23.4 Å². The number of aromatic nitrogens is 2. The van der Waals surface area contributed by atoms with Crippen LogP contribution in [0.15, 0.2) is 65.1 Å². The maximum atomic E-state index is 13.5. The van der Waals surface area contributed by atoms with Gasteiger partial charge < -0.3 is 14.5 Å².